The Balaban J connectivity index is 1.63. The first kappa shape index (κ1) is 17.1. The summed E-state index contributed by atoms with van der Waals surface area (Å²) >= 11 is 7.27. The molecule has 0 spiro atoms. The quantitative estimate of drug-likeness (QED) is 0.539. The lowest BCUT2D eigenvalue weighted by atomic mass is 10.2. The number of halogens is 1. The van der Waals surface area contributed by atoms with Gasteiger partial charge in [0.05, 0.1) is 13.3 Å². The van der Waals surface area contributed by atoms with E-state index in [9.17, 15) is 4.79 Å². The highest BCUT2D eigenvalue weighted by Crippen LogP contribution is 2.25. The number of aromatic nitrogens is 1. The molecule has 0 saturated heterocycles. The fourth-order valence-corrected chi connectivity index (χ4v) is 2.95. The number of benzene rings is 2. The number of nitrogens with zero attached hydrogens (tertiary/aromatic N) is 2. The van der Waals surface area contributed by atoms with E-state index in [2.05, 4.69) is 15.5 Å². The van der Waals surface area contributed by atoms with Crippen molar-refractivity contribution in [2.24, 2.45) is 5.10 Å². The molecule has 7 heteroatoms. The second kappa shape index (κ2) is 7.92. The normalized spacial score (nSPS) is 10.8. The van der Waals surface area contributed by atoms with Crippen LogP contribution in [0.3, 0.4) is 0 Å². The summed E-state index contributed by atoms with van der Waals surface area (Å²) in [5.74, 6) is 0.402. The van der Waals surface area contributed by atoms with E-state index in [0.29, 0.717) is 10.7 Å². The molecule has 0 bridgehead atoms. The molecule has 0 fully saturated rings. The van der Waals surface area contributed by atoms with Gasteiger partial charge in [-0.15, -0.1) is 11.3 Å². The van der Waals surface area contributed by atoms with Gasteiger partial charge in [0.25, 0.3) is 5.91 Å². The van der Waals surface area contributed by atoms with Crippen LogP contribution in [0.15, 0.2) is 59.0 Å². The van der Waals surface area contributed by atoms with Crippen LogP contribution in [0.25, 0.3) is 10.6 Å². The topological polar surface area (TPSA) is 63.6 Å². The Bertz CT molecular complexity index is 889. The molecule has 1 N–H and O–H groups in total. The minimum absolute atomic E-state index is 0.321. The lowest BCUT2D eigenvalue weighted by molar-refractivity contribution is 0.0951. The van der Waals surface area contributed by atoms with Gasteiger partial charge in [0.1, 0.15) is 16.5 Å². The number of methoxy groups -OCH3 is 1. The van der Waals surface area contributed by atoms with Crippen LogP contribution in [0.4, 0.5) is 0 Å². The van der Waals surface area contributed by atoms with Gasteiger partial charge in [-0.2, -0.15) is 5.10 Å². The highest BCUT2D eigenvalue weighted by molar-refractivity contribution is 7.13. The molecular formula is C18H14ClN3O2S. The van der Waals surface area contributed by atoms with E-state index in [1.807, 2.05) is 36.4 Å². The number of hydrazone groups is 1. The fraction of sp³-hybridized carbons (Fsp3) is 0.0556. The zero-order valence-corrected chi connectivity index (χ0v) is 14.8. The van der Waals surface area contributed by atoms with Crippen LogP contribution in [0.1, 0.15) is 16.1 Å². The summed E-state index contributed by atoms with van der Waals surface area (Å²) in [6.45, 7) is 0. The van der Waals surface area contributed by atoms with Gasteiger partial charge in [-0.05, 0) is 42.0 Å². The first-order valence-electron chi connectivity index (χ1n) is 7.34. The number of ether oxygens (including phenoxy) is 1. The second-order valence-corrected chi connectivity index (χ2v) is 6.31. The van der Waals surface area contributed by atoms with Crippen molar-refractivity contribution in [3.05, 3.63) is 70.2 Å². The largest absolute Gasteiger partial charge is 0.497 e. The number of thiazole rings is 1. The minimum Gasteiger partial charge on any atom is -0.497 e. The Morgan fingerprint density at radius 3 is 2.60 bits per heavy atom. The number of carbonyl (C=O) groups excluding carboxylic acids is 1. The number of hydrogen-bond acceptors (Lipinski definition) is 5. The highest BCUT2D eigenvalue weighted by Gasteiger charge is 2.11. The molecule has 25 heavy (non-hydrogen) atoms. The minimum atomic E-state index is -0.360. The predicted molar refractivity (Wildman–Crippen MR) is 101 cm³/mol. The lowest BCUT2D eigenvalue weighted by Crippen LogP contribution is -2.17. The van der Waals surface area contributed by atoms with Crippen LogP contribution in [0.5, 0.6) is 5.75 Å². The van der Waals surface area contributed by atoms with Crippen LogP contribution >= 0.6 is 22.9 Å². The Kier molecular flexibility index (Phi) is 5.42. The van der Waals surface area contributed by atoms with Crippen molar-refractivity contribution in [1.82, 2.24) is 10.4 Å². The highest BCUT2D eigenvalue weighted by atomic mass is 35.5. The summed E-state index contributed by atoms with van der Waals surface area (Å²) in [5.41, 5.74) is 4.55. The predicted octanol–water partition coefficient (Wildman–Crippen LogP) is 4.24. The van der Waals surface area contributed by atoms with Gasteiger partial charge >= 0.3 is 0 Å². The maximum absolute atomic E-state index is 12.1. The second-order valence-electron chi connectivity index (χ2n) is 5.02. The van der Waals surface area contributed by atoms with Crippen LogP contribution < -0.4 is 10.2 Å². The van der Waals surface area contributed by atoms with Crippen LogP contribution in [-0.2, 0) is 0 Å². The van der Waals surface area contributed by atoms with Gasteiger partial charge < -0.3 is 4.74 Å². The average molecular weight is 372 g/mol. The van der Waals surface area contributed by atoms with E-state index in [-0.39, 0.29) is 5.91 Å². The third kappa shape index (κ3) is 4.43. The molecule has 0 radical (unpaired) electrons. The van der Waals surface area contributed by atoms with Crippen LogP contribution in [-0.4, -0.2) is 24.2 Å². The maximum atomic E-state index is 12.1. The van der Waals surface area contributed by atoms with Crippen molar-refractivity contribution in [2.45, 2.75) is 0 Å². The Morgan fingerprint density at radius 2 is 1.92 bits per heavy atom. The fourth-order valence-electron chi connectivity index (χ4n) is 2.02. The van der Waals surface area contributed by atoms with Crippen molar-refractivity contribution >= 4 is 35.1 Å². The summed E-state index contributed by atoms with van der Waals surface area (Å²) in [6.07, 6.45) is 1.56. The van der Waals surface area contributed by atoms with Crippen molar-refractivity contribution in [3.8, 4) is 16.3 Å². The molecule has 126 valence electrons. The molecular weight excluding hydrogens is 358 g/mol. The summed E-state index contributed by atoms with van der Waals surface area (Å²) in [7, 11) is 1.61. The third-order valence-electron chi connectivity index (χ3n) is 3.32. The van der Waals surface area contributed by atoms with E-state index in [1.54, 1.807) is 30.8 Å². The molecule has 1 aromatic heterocycles. The van der Waals surface area contributed by atoms with Gasteiger partial charge in [-0.3, -0.25) is 4.79 Å². The van der Waals surface area contributed by atoms with Crippen LogP contribution in [0, 0.1) is 0 Å². The maximum Gasteiger partial charge on any atom is 0.290 e. The summed E-state index contributed by atoms with van der Waals surface area (Å²) < 4.78 is 5.09. The summed E-state index contributed by atoms with van der Waals surface area (Å²) in [4.78, 5) is 16.4. The Labute approximate surface area is 153 Å². The SMILES string of the molecule is COc1ccc(/C=N/NC(=O)c2csc(-c3ccc(Cl)cc3)n2)cc1. The van der Waals surface area contributed by atoms with Gasteiger partial charge in [0.15, 0.2) is 0 Å². The molecule has 2 aromatic carbocycles. The molecule has 0 saturated carbocycles. The average Bonchev–Trinajstić information content (AvgIpc) is 3.13. The Hall–Kier alpha value is -2.70. The molecule has 0 atom stereocenters. The first-order valence-corrected chi connectivity index (χ1v) is 8.60. The van der Waals surface area contributed by atoms with Gasteiger partial charge in [-0.25, -0.2) is 10.4 Å². The molecule has 5 nitrogen and oxygen atoms in total. The van der Waals surface area contributed by atoms with E-state index in [1.165, 1.54) is 11.3 Å². The lowest BCUT2D eigenvalue weighted by Gasteiger charge is -1.99. The Morgan fingerprint density at radius 1 is 1.20 bits per heavy atom. The number of carbonyl (C=O) groups is 1. The van der Waals surface area contributed by atoms with E-state index in [4.69, 9.17) is 16.3 Å². The van der Waals surface area contributed by atoms with Crippen LogP contribution in [0.2, 0.25) is 5.02 Å². The van der Waals surface area contributed by atoms with Gasteiger partial charge in [0.2, 0.25) is 0 Å². The molecule has 3 rings (SSSR count). The molecule has 3 aromatic rings. The van der Waals surface area contributed by atoms with Gasteiger partial charge in [-0.1, -0.05) is 23.7 Å². The first-order chi connectivity index (χ1) is 12.2. The van der Waals surface area contributed by atoms with Crippen molar-refractivity contribution < 1.29 is 9.53 Å². The zero-order chi connectivity index (χ0) is 17.6. The van der Waals surface area contributed by atoms with Crippen molar-refractivity contribution in [1.29, 1.82) is 0 Å². The van der Waals surface area contributed by atoms with Gasteiger partial charge in [0, 0.05) is 16.0 Å². The van der Waals surface area contributed by atoms with E-state index < -0.39 is 0 Å². The number of rotatable bonds is 5. The number of nitrogens with one attached hydrogen (secondary N) is 1. The zero-order valence-electron chi connectivity index (χ0n) is 13.3. The molecule has 0 aliphatic carbocycles. The summed E-state index contributed by atoms with van der Waals surface area (Å²) in [5, 5.41) is 7.05. The van der Waals surface area contributed by atoms with Crippen molar-refractivity contribution in [3.63, 3.8) is 0 Å². The monoisotopic (exact) mass is 371 g/mol. The molecule has 1 heterocycles. The smallest absolute Gasteiger partial charge is 0.290 e. The van der Waals surface area contributed by atoms with E-state index in [0.717, 1.165) is 21.9 Å². The third-order valence-corrected chi connectivity index (χ3v) is 4.47. The molecule has 0 aliphatic heterocycles. The van der Waals surface area contributed by atoms with E-state index >= 15 is 0 Å². The number of amides is 1. The van der Waals surface area contributed by atoms with Crippen molar-refractivity contribution in [2.75, 3.05) is 7.11 Å². The number of hydrogen-bond donors (Lipinski definition) is 1. The molecule has 0 aliphatic rings. The molecule has 0 unspecified atom stereocenters. The molecule has 1 amide bonds. The summed E-state index contributed by atoms with van der Waals surface area (Å²) in [6, 6.07) is 14.6. The standard InChI is InChI=1S/C18H14ClN3O2S/c1-24-15-8-2-12(3-9-15)10-20-22-17(23)16-11-25-18(21-16)13-4-6-14(19)7-5-13/h2-11H,1H3,(H,22,23)/b20-10+.